The van der Waals surface area contributed by atoms with E-state index in [9.17, 15) is 9.59 Å². The Kier molecular flexibility index (Phi) is 6.00. The van der Waals surface area contributed by atoms with Gasteiger partial charge in [0.05, 0.1) is 13.0 Å². The van der Waals surface area contributed by atoms with Crippen molar-refractivity contribution in [2.45, 2.75) is 25.9 Å². The molecule has 0 fully saturated rings. The molecule has 0 aliphatic rings. The van der Waals surface area contributed by atoms with E-state index in [1.807, 2.05) is 0 Å². The SMILES string of the molecule is COc1ccc(OC(C)C(=O)Nc2cccc(C(C)C(=O)O)c2)cc1. The first kappa shape index (κ1) is 18.3. The first-order chi connectivity index (χ1) is 11.9. The highest BCUT2D eigenvalue weighted by atomic mass is 16.5. The number of rotatable bonds is 7. The van der Waals surface area contributed by atoms with Crippen molar-refractivity contribution in [3.8, 4) is 11.5 Å². The first-order valence-electron chi connectivity index (χ1n) is 7.85. The van der Waals surface area contributed by atoms with Crippen LogP contribution in [0.3, 0.4) is 0 Å². The van der Waals surface area contributed by atoms with Gasteiger partial charge in [-0.2, -0.15) is 0 Å². The van der Waals surface area contributed by atoms with Gasteiger partial charge in [0.2, 0.25) is 0 Å². The van der Waals surface area contributed by atoms with Gasteiger partial charge < -0.3 is 19.9 Å². The van der Waals surface area contributed by atoms with Gasteiger partial charge in [-0.15, -0.1) is 0 Å². The van der Waals surface area contributed by atoms with E-state index in [2.05, 4.69) is 5.32 Å². The van der Waals surface area contributed by atoms with Crippen molar-refractivity contribution in [1.29, 1.82) is 0 Å². The second kappa shape index (κ2) is 8.19. The maximum absolute atomic E-state index is 12.3. The largest absolute Gasteiger partial charge is 0.497 e. The van der Waals surface area contributed by atoms with E-state index in [1.165, 1.54) is 0 Å². The number of benzene rings is 2. The Hall–Kier alpha value is -3.02. The minimum Gasteiger partial charge on any atom is -0.497 e. The molecule has 6 nitrogen and oxygen atoms in total. The van der Waals surface area contributed by atoms with Crippen molar-refractivity contribution in [2.75, 3.05) is 12.4 Å². The molecule has 0 aromatic heterocycles. The number of carboxylic acid groups (broad SMARTS) is 1. The number of aliphatic carboxylic acids is 1. The molecule has 132 valence electrons. The molecule has 2 unspecified atom stereocenters. The van der Waals surface area contributed by atoms with E-state index in [0.29, 0.717) is 22.7 Å². The molecule has 0 bridgehead atoms. The van der Waals surface area contributed by atoms with Crippen LogP contribution < -0.4 is 14.8 Å². The number of nitrogens with one attached hydrogen (secondary N) is 1. The van der Waals surface area contributed by atoms with Gasteiger partial charge in [-0.25, -0.2) is 0 Å². The highest BCUT2D eigenvalue weighted by molar-refractivity contribution is 5.94. The maximum Gasteiger partial charge on any atom is 0.310 e. The molecule has 0 saturated heterocycles. The second-order valence-corrected chi connectivity index (χ2v) is 5.61. The number of carboxylic acids is 1. The molecule has 2 N–H and O–H groups in total. The summed E-state index contributed by atoms with van der Waals surface area (Å²) < 4.78 is 10.7. The quantitative estimate of drug-likeness (QED) is 0.806. The van der Waals surface area contributed by atoms with E-state index in [4.69, 9.17) is 14.6 Å². The number of carbonyl (C=O) groups is 2. The fourth-order valence-corrected chi connectivity index (χ4v) is 2.18. The zero-order valence-electron chi connectivity index (χ0n) is 14.4. The van der Waals surface area contributed by atoms with Crippen molar-refractivity contribution in [2.24, 2.45) is 0 Å². The summed E-state index contributed by atoms with van der Waals surface area (Å²) in [5.41, 5.74) is 1.15. The predicted molar refractivity (Wildman–Crippen MR) is 94.2 cm³/mol. The van der Waals surface area contributed by atoms with Crippen LogP contribution in [0.1, 0.15) is 25.3 Å². The van der Waals surface area contributed by atoms with E-state index in [0.717, 1.165) is 0 Å². The lowest BCUT2D eigenvalue weighted by molar-refractivity contribution is -0.138. The molecule has 2 aromatic carbocycles. The Morgan fingerprint density at radius 1 is 1.04 bits per heavy atom. The van der Waals surface area contributed by atoms with Crippen molar-refractivity contribution in [1.82, 2.24) is 0 Å². The van der Waals surface area contributed by atoms with Crippen LogP contribution in [0.4, 0.5) is 5.69 Å². The lowest BCUT2D eigenvalue weighted by atomic mass is 10.0. The lowest BCUT2D eigenvalue weighted by Gasteiger charge is -2.16. The summed E-state index contributed by atoms with van der Waals surface area (Å²) in [6.07, 6.45) is -0.714. The van der Waals surface area contributed by atoms with Crippen molar-refractivity contribution >= 4 is 17.6 Å². The van der Waals surface area contributed by atoms with Gasteiger partial charge in [-0.1, -0.05) is 12.1 Å². The number of carbonyl (C=O) groups excluding carboxylic acids is 1. The molecule has 6 heteroatoms. The van der Waals surface area contributed by atoms with E-state index in [-0.39, 0.29) is 5.91 Å². The standard InChI is InChI=1S/C19H21NO5/c1-12(19(22)23)14-5-4-6-15(11-14)20-18(21)13(2)25-17-9-7-16(24-3)8-10-17/h4-13H,1-3H3,(H,20,21)(H,22,23). The van der Waals surface area contributed by atoms with Gasteiger partial charge in [0, 0.05) is 5.69 Å². The number of amides is 1. The molecule has 0 heterocycles. The van der Waals surface area contributed by atoms with Crippen LogP contribution in [0.25, 0.3) is 0 Å². The molecule has 0 aliphatic carbocycles. The second-order valence-electron chi connectivity index (χ2n) is 5.61. The Morgan fingerprint density at radius 2 is 1.68 bits per heavy atom. The van der Waals surface area contributed by atoms with Crippen LogP contribution in [-0.4, -0.2) is 30.2 Å². The Bertz CT molecular complexity index is 742. The highest BCUT2D eigenvalue weighted by Crippen LogP contribution is 2.21. The number of hydrogen-bond acceptors (Lipinski definition) is 4. The molecule has 0 saturated carbocycles. The molecule has 0 aliphatic heterocycles. The monoisotopic (exact) mass is 343 g/mol. The average molecular weight is 343 g/mol. The molecular weight excluding hydrogens is 322 g/mol. The van der Waals surface area contributed by atoms with Crippen LogP contribution in [-0.2, 0) is 9.59 Å². The molecule has 2 rings (SSSR count). The molecule has 2 aromatic rings. The summed E-state index contributed by atoms with van der Waals surface area (Å²) in [5.74, 6) is -0.633. The van der Waals surface area contributed by atoms with Crippen molar-refractivity contribution in [3.63, 3.8) is 0 Å². The lowest BCUT2D eigenvalue weighted by Crippen LogP contribution is -2.30. The minimum atomic E-state index is -0.917. The van der Waals surface area contributed by atoms with E-state index in [1.54, 1.807) is 69.5 Å². The predicted octanol–water partition coefficient (Wildman–Crippen LogP) is 3.29. The molecular formula is C19H21NO5. The third-order valence-corrected chi connectivity index (χ3v) is 3.77. The van der Waals surface area contributed by atoms with Crippen molar-refractivity contribution < 1.29 is 24.2 Å². The van der Waals surface area contributed by atoms with Gasteiger partial charge in [0.25, 0.3) is 5.91 Å². The summed E-state index contributed by atoms with van der Waals surface area (Å²) in [6, 6.07) is 13.7. The summed E-state index contributed by atoms with van der Waals surface area (Å²) in [6.45, 7) is 3.24. The van der Waals surface area contributed by atoms with Gasteiger partial charge in [0.15, 0.2) is 6.10 Å². The number of methoxy groups -OCH3 is 1. The van der Waals surface area contributed by atoms with Gasteiger partial charge in [-0.05, 0) is 55.8 Å². The van der Waals surface area contributed by atoms with E-state index < -0.39 is 18.0 Å². The molecule has 2 atom stereocenters. The van der Waals surface area contributed by atoms with Crippen LogP contribution in [0.5, 0.6) is 11.5 Å². The molecule has 0 radical (unpaired) electrons. The topological polar surface area (TPSA) is 84.9 Å². The minimum absolute atomic E-state index is 0.323. The van der Waals surface area contributed by atoms with Gasteiger partial charge >= 0.3 is 5.97 Å². The van der Waals surface area contributed by atoms with Crippen LogP contribution in [0, 0.1) is 0 Å². The van der Waals surface area contributed by atoms with Crippen LogP contribution in [0.2, 0.25) is 0 Å². The Morgan fingerprint density at radius 3 is 2.28 bits per heavy atom. The summed E-state index contributed by atoms with van der Waals surface area (Å²) >= 11 is 0. The van der Waals surface area contributed by atoms with Gasteiger partial charge in [-0.3, -0.25) is 9.59 Å². The normalized spacial score (nSPS) is 12.8. The third kappa shape index (κ3) is 4.97. The molecule has 25 heavy (non-hydrogen) atoms. The van der Waals surface area contributed by atoms with E-state index >= 15 is 0 Å². The van der Waals surface area contributed by atoms with Crippen LogP contribution in [0.15, 0.2) is 48.5 Å². The zero-order valence-corrected chi connectivity index (χ0v) is 14.4. The third-order valence-electron chi connectivity index (χ3n) is 3.77. The number of anilines is 1. The molecule has 1 amide bonds. The smallest absolute Gasteiger partial charge is 0.310 e. The Labute approximate surface area is 146 Å². The fraction of sp³-hybridized carbons (Fsp3) is 0.263. The summed E-state index contributed by atoms with van der Waals surface area (Å²) in [5, 5.41) is 11.8. The van der Waals surface area contributed by atoms with Crippen LogP contribution >= 0.6 is 0 Å². The summed E-state index contributed by atoms with van der Waals surface area (Å²) in [7, 11) is 1.57. The zero-order chi connectivity index (χ0) is 18.4. The average Bonchev–Trinajstić information content (AvgIpc) is 2.61. The fourth-order valence-electron chi connectivity index (χ4n) is 2.18. The first-order valence-corrected chi connectivity index (χ1v) is 7.85. The maximum atomic E-state index is 12.3. The number of ether oxygens (including phenoxy) is 2. The number of hydrogen-bond donors (Lipinski definition) is 2. The highest BCUT2D eigenvalue weighted by Gasteiger charge is 2.17. The summed E-state index contributed by atoms with van der Waals surface area (Å²) in [4.78, 5) is 23.4. The van der Waals surface area contributed by atoms with Gasteiger partial charge in [0.1, 0.15) is 11.5 Å². The Balaban J connectivity index is 2.00. The van der Waals surface area contributed by atoms with Crippen molar-refractivity contribution in [3.05, 3.63) is 54.1 Å². The molecule has 0 spiro atoms.